The molecule has 59 heavy (non-hydrogen) atoms. The van der Waals surface area contributed by atoms with Gasteiger partial charge in [0.05, 0.1) is 40.5 Å². The Morgan fingerprint density at radius 3 is 2.44 bits per heavy atom. The van der Waals surface area contributed by atoms with Gasteiger partial charge in [0.15, 0.2) is 11.6 Å². The van der Waals surface area contributed by atoms with Gasteiger partial charge in [-0.2, -0.15) is 0 Å². The molecule has 0 radical (unpaired) electrons. The number of phenols is 1. The lowest BCUT2D eigenvalue weighted by Gasteiger charge is -2.29. The number of nitrogens with zero attached hydrogens (tertiary/aromatic N) is 6. The smallest absolute Gasteiger partial charge is 0.254 e. The molecule has 1 saturated heterocycles. The third kappa shape index (κ3) is 9.06. The number of β-amino-alcohol motifs (C(OH)–C–C–N with tert-alkyl or cyclic N) is 1. The van der Waals surface area contributed by atoms with Crippen LogP contribution in [-0.2, 0) is 9.59 Å². The number of amides is 2. The van der Waals surface area contributed by atoms with Crippen molar-refractivity contribution in [2.24, 2.45) is 5.92 Å². The quantitative estimate of drug-likeness (QED) is 0.0921. The third-order valence-electron chi connectivity index (χ3n) is 10.7. The van der Waals surface area contributed by atoms with Gasteiger partial charge in [-0.1, -0.05) is 62.4 Å². The Hall–Kier alpha value is -6.32. The van der Waals surface area contributed by atoms with Crippen LogP contribution in [0, 0.1) is 12.8 Å². The summed E-state index contributed by atoms with van der Waals surface area (Å²) >= 11 is 1.58. The summed E-state index contributed by atoms with van der Waals surface area (Å²) in [4.78, 5) is 36.7. The first-order valence-corrected chi connectivity index (χ1v) is 20.4. The summed E-state index contributed by atoms with van der Waals surface area (Å²) in [5.74, 6) is -0.649. The average molecular weight is 817 g/mol. The molecule has 14 nitrogen and oxygen atoms in total. The predicted octanol–water partition coefficient (Wildman–Crippen LogP) is 6.61. The Morgan fingerprint density at radius 2 is 1.75 bits per heavy atom. The molecule has 4 heterocycles. The van der Waals surface area contributed by atoms with Crippen LogP contribution in [0.15, 0.2) is 95.0 Å². The number of aryl methyl sites for hydroxylation is 1. The summed E-state index contributed by atoms with van der Waals surface area (Å²) in [6.07, 6.45) is -0.704. The van der Waals surface area contributed by atoms with Gasteiger partial charge >= 0.3 is 0 Å². The number of nitrogens with two attached hydrogens (primary N) is 1. The standard InChI is InChI=1S/C44H48N8O6S/c1-25(2)40(44(56)52-23-32(53)20-36(52)43(55)47-26(3)28-10-12-30(13-11-28)41-27(4)46-24-59-41)38-22-39(50-58-38)57-19-18-51(5)31-16-14-29(15-17-31)34-21-35(48-49-42(34)45)33-8-6-7-9-37(33)54/h6-17,21-22,24-26,32,36,40,53-54H,18-20,23H2,1-5H3,(H2,45,49)(H,47,55)/t26-,32+,36-,40?/m0/s1. The van der Waals surface area contributed by atoms with Gasteiger partial charge in [0.1, 0.15) is 24.3 Å². The van der Waals surface area contributed by atoms with Crippen LogP contribution in [0.25, 0.3) is 32.8 Å². The van der Waals surface area contributed by atoms with E-state index in [4.69, 9.17) is 15.0 Å². The molecular weight excluding hydrogens is 769 g/mol. The zero-order valence-corrected chi connectivity index (χ0v) is 34.4. The van der Waals surface area contributed by atoms with E-state index in [1.165, 1.54) is 4.90 Å². The van der Waals surface area contributed by atoms with E-state index in [1.54, 1.807) is 35.6 Å². The van der Waals surface area contributed by atoms with E-state index >= 15 is 0 Å². The zero-order chi connectivity index (χ0) is 41.8. The number of ether oxygens (including phenoxy) is 1. The van der Waals surface area contributed by atoms with Crippen molar-refractivity contribution < 1.29 is 29.1 Å². The van der Waals surface area contributed by atoms with Crippen molar-refractivity contribution >= 4 is 34.7 Å². The van der Waals surface area contributed by atoms with Gasteiger partial charge in [0, 0.05) is 42.9 Å². The van der Waals surface area contributed by atoms with E-state index in [-0.39, 0.29) is 60.8 Å². The fraction of sp³-hybridized carbons (Fsp3) is 0.318. The normalized spacial score (nSPS) is 16.2. The highest BCUT2D eigenvalue weighted by atomic mass is 32.1. The van der Waals surface area contributed by atoms with Crippen molar-refractivity contribution in [3.8, 4) is 44.5 Å². The minimum Gasteiger partial charge on any atom is -0.507 e. The highest BCUT2D eigenvalue weighted by molar-refractivity contribution is 7.13. The van der Waals surface area contributed by atoms with E-state index < -0.39 is 18.1 Å². The highest BCUT2D eigenvalue weighted by Gasteiger charge is 2.43. The molecular formula is C44H48N8O6S. The average Bonchev–Trinajstić information content (AvgIpc) is 3.98. The van der Waals surface area contributed by atoms with Crippen LogP contribution in [0.1, 0.15) is 56.2 Å². The van der Waals surface area contributed by atoms with E-state index in [2.05, 4.69) is 25.7 Å². The molecule has 0 spiro atoms. The van der Waals surface area contributed by atoms with Crippen molar-refractivity contribution in [3.05, 3.63) is 107 Å². The van der Waals surface area contributed by atoms with Crippen molar-refractivity contribution in [3.63, 3.8) is 0 Å². The van der Waals surface area contributed by atoms with Gasteiger partial charge in [0.25, 0.3) is 5.88 Å². The van der Waals surface area contributed by atoms with Crippen LogP contribution < -0.4 is 20.7 Å². The summed E-state index contributed by atoms with van der Waals surface area (Å²) in [5, 5.41) is 36.4. The molecule has 1 aliphatic heterocycles. The number of benzene rings is 3. The highest BCUT2D eigenvalue weighted by Crippen LogP contribution is 2.35. The van der Waals surface area contributed by atoms with Gasteiger partial charge in [-0.25, -0.2) is 4.98 Å². The maximum absolute atomic E-state index is 14.2. The number of para-hydroxylation sites is 1. The van der Waals surface area contributed by atoms with E-state index in [1.807, 2.05) is 106 Å². The van der Waals surface area contributed by atoms with E-state index in [0.717, 1.165) is 32.9 Å². The van der Waals surface area contributed by atoms with Crippen LogP contribution in [0.4, 0.5) is 11.5 Å². The number of hydrogen-bond donors (Lipinski definition) is 4. The van der Waals surface area contributed by atoms with Crippen molar-refractivity contribution in [1.29, 1.82) is 0 Å². The Kier molecular flexibility index (Phi) is 12.2. The molecule has 3 aromatic heterocycles. The number of aromatic nitrogens is 4. The van der Waals surface area contributed by atoms with Crippen LogP contribution in [-0.4, -0.2) is 86.2 Å². The molecule has 3 aromatic carbocycles. The molecule has 5 N–H and O–H groups in total. The number of aliphatic hydroxyl groups is 1. The second kappa shape index (κ2) is 17.7. The number of likely N-dealkylation sites (N-methyl/N-ethyl adjacent to an activating group) is 1. The zero-order valence-electron chi connectivity index (χ0n) is 33.6. The predicted molar refractivity (Wildman–Crippen MR) is 227 cm³/mol. The molecule has 1 fully saturated rings. The Balaban J connectivity index is 0.947. The van der Waals surface area contributed by atoms with E-state index in [0.29, 0.717) is 29.1 Å². The number of anilines is 2. The summed E-state index contributed by atoms with van der Waals surface area (Å²) in [6, 6.07) is 25.0. The van der Waals surface area contributed by atoms with E-state index in [9.17, 15) is 19.8 Å². The van der Waals surface area contributed by atoms with Gasteiger partial charge in [-0.3, -0.25) is 9.59 Å². The maximum Gasteiger partial charge on any atom is 0.254 e. The number of phenolic OH excluding ortho intramolecular Hbond substituents is 1. The minimum atomic E-state index is -0.844. The topological polar surface area (TPSA) is 193 Å². The lowest BCUT2D eigenvalue weighted by Crippen LogP contribution is -2.48. The molecule has 0 aliphatic carbocycles. The number of likely N-dealkylation sites (tertiary alicyclic amines) is 1. The number of aliphatic hydroxyl groups excluding tert-OH is 1. The summed E-state index contributed by atoms with van der Waals surface area (Å²) in [5.41, 5.74) is 14.5. The van der Waals surface area contributed by atoms with Gasteiger partial charge < -0.3 is 40.3 Å². The second-order valence-corrected chi connectivity index (χ2v) is 16.0. The second-order valence-electron chi connectivity index (χ2n) is 15.2. The van der Waals surface area contributed by atoms with Gasteiger partial charge in [0.2, 0.25) is 11.8 Å². The van der Waals surface area contributed by atoms with Crippen LogP contribution in [0.5, 0.6) is 11.6 Å². The number of nitrogen functional groups attached to an aromatic ring is 1. The Bertz CT molecular complexity index is 2400. The number of hydrogen-bond acceptors (Lipinski definition) is 13. The molecule has 1 unspecified atom stereocenters. The molecule has 306 valence electrons. The third-order valence-corrected chi connectivity index (χ3v) is 11.7. The molecule has 6 aromatic rings. The number of carbonyl (C=O) groups is 2. The van der Waals surface area contributed by atoms with Crippen molar-refractivity contribution in [1.82, 2.24) is 30.6 Å². The van der Waals surface area contributed by atoms with Crippen LogP contribution >= 0.6 is 11.3 Å². The number of carbonyl (C=O) groups excluding carboxylic acids is 2. The Morgan fingerprint density at radius 1 is 1.02 bits per heavy atom. The molecule has 4 atom stereocenters. The molecule has 2 amide bonds. The molecule has 1 aliphatic rings. The molecule has 15 heteroatoms. The van der Waals surface area contributed by atoms with Crippen molar-refractivity contribution in [2.75, 3.05) is 37.4 Å². The SMILES string of the molecule is Cc1ncsc1-c1ccc([C@H](C)NC(=O)[C@@H]2C[C@@H](O)CN2C(=O)C(c2cc(OCCN(C)c3ccc(-c4cc(-c5ccccc5O)nnc4N)cc3)no2)C(C)C)cc1. The summed E-state index contributed by atoms with van der Waals surface area (Å²) in [7, 11) is 1.94. The van der Waals surface area contributed by atoms with Crippen molar-refractivity contribution in [2.45, 2.75) is 58.2 Å². The number of aromatic hydroxyl groups is 1. The molecule has 0 saturated carbocycles. The first-order chi connectivity index (χ1) is 28.4. The fourth-order valence-corrected chi connectivity index (χ4v) is 8.18. The Labute approximate surface area is 346 Å². The summed E-state index contributed by atoms with van der Waals surface area (Å²) in [6.45, 7) is 8.51. The lowest BCUT2D eigenvalue weighted by molar-refractivity contribution is -0.141. The largest absolute Gasteiger partial charge is 0.507 e. The molecule has 0 bridgehead atoms. The first kappa shape index (κ1) is 40.9. The monoisotopic (exact) mass is 816 g/mol. The first-order valence-electron chi connectivity index (χ1n) is 19.5. The van der Waals surface area contributed by atoms with Crippen LogP contribution in [0.2, 0.25) is 0 Å². The minimum absolute atomic E-state index is 0.0360. The number of nitrogens with one attached hydrogen (secondary N) is 1. The van der Waals surface area contributed by atoms with Gasteiger partial charge in [-0.15, -0.1) is 21.5 Å². The fourth-order valence-electron chi connectivity index (χ4n) is 7.37. The summed E-state index contributed by atoms with van der Waals surface area (Å²) < 4.78 is 11.6. The van der Waals surface area contributed by atoms with Crippen LogP contribution in [0.3, 0.4) is 0 Å². The molecule has 7 rings (SSSR count). The number of thiazole rings is 1. The maximum atomic E-state index is 14.2. The van der Waals surface area contributed by atoms with Gasteiger partial charge in [-0.05, 0) is 71.9 Å². The number of rotatable bonds is 14. The lowest BCUT2D eigenvalue weighted by atomic mass is 9.91.